The lowest BCUT2D eigenvalue weighted by molar-refractivity contribution is 0.295. The first-order valence-electron chi connectivity index (χ1n) is 4.21. The van der Waals surface area contributed by atoms with Gasteiger partial charge in [-0.3, -0.25) is 0 Å². The van der Waals surface area contributed by atoms with Gasteiger partial charge in [0.25, 0.3) is 0 Å². The largest absolute Gasteiger partial charge is 0.316 e. The van der Waals surface area contributed by atoms with Gasteiger partial charge in [0.2, 0.25) is 0 Å². The molecule has 3 atom stereocenters. The molecule has 0 radical (unpaired) electrons. The van der Waals surface area contributed by atoms with Crippen LogP contribution in [0, 0.1) is 11.8 Å². The molecule has 2 heteroatoms. The summed E-state index contributed by atoms with van der Waals surface area (Å²) in [4.78, 5) is 0. The van der Waals surface area contributed by atoms with E-state index in [0.717, 1.165) is 15.8 Å². The number of hydrogen-bond acceptors (Lipinski definition) is 1. The van der Waals surface area contributed by atoms with E-state index in [-0.39, 0.29) is 0 Å². The molecule has 1 saturated carbocycles. The van der Waals surface area contributed by atoms with Crippen molar-refractivity contribution in [1.82, 2.24) is 5.32 Å². The van der Waals surface area contributed by atoms with Crippen molar-refractivity contribution in [3.8, 4) is 0 Å². The van der Waals surface area contributed by atoms with Crippen LogP contribution in [-0.4, -0.2) is 17.0 Å². The minimum absolute atomic E-state index is 0.979. The summed E-state index contributed by atoms with van der Waals surface area (Å²) in [5.74, 6) is 2.10. The van der Waals surface area contributed by atoms with Crippen LogP contribution in [0.25, 0.3) is 0 Å². The third kappa shape index (κ3) is 1.33. The summed E-state index contributed by atoms with van der Waals surface area (Å²) in [5, 5.41) is 3.47. The van der Waals surface area contributed by atoms with Gasteiger partial charge in [-0.15, -0.1) is 0 Å². The van der Waals surface area contributed by atoms with E-state index in [9.17, 15) is 0 Å². The molecule has 0 bridgehead atoms. The number of halogens is 1. The highest BCUT2D eigenvalue weighted by Gasteiger charge is 2.33. The zero-order valence-corrected chi connectivity index (χ0v) is 8.30. The Balaban J connectivity index is 1.97. The minimum Gasteiger partial charge on any atom is -0.316 e. The van der Waals surface area contributed by atoms with E-state index in [1.807, 2.05) is 0 Å². The summed E-state index contributed by atoms with van der Waals surface area (Å²) in [7, 11) is 0. The van der Waals surface area contributed by atoms with Crippen molar-refractivity contribution in [1.29, 1.82) is 0 Å². The highest BCUT2D eigenvalue weighted by Crippen LogP contribution is 2.39. The van der Waals surface area contributed by atoms with Crippen LogP contribution in [0.15, 0.2) is 0 Å². The summed E-state index contributed by atoms with van der Waals surface area (Å²) in [5.41, 5.74) is 0. The molecule has 1 saturated heterocycles. The lowest BCUT2D eigenvalue weighted by Crippen LogP contribution is -2.33. The molecule has 1 nitrogen and oxygen atoms in total. The molecule has 1 aliphatic carbocycles. The van der Waals surface area contributed by atoms with E-state index < -0.39 is 0 Å². The first-order valence-corrected chi connectivity index (χ1v) is 5.45. The highest BCUT2D eigenvalue weighted by atomic mass is 127. The SMILES string of the molecule is IC1CC2CCNCC2C1. The number of fused-ring (bicyclic) bond motifs is 1. The van der Waals surface area contributed by atoms with Crippen molar-refractivity contribution in [3.05, 3.63) is 0 Å². The minimum atomic E-state index is 0.979. The Morgan fingerprint density at radius 3 is 2.80 bits per heavy atom. The van der Waals surface area contributed by atoms with Crippen LogP contribution in [0.5, 0.6) is 0 Å². The van der Waals surface area contributed by atoms with Crippen molar-refractivity contribution in [2.75, 3.05) is 13.1 Å². The van der Waals surface area contributed by atoms with Crippen molar-refractivity contribution in [3.63, 3.8) is 0 Å². The number of alkyl halides is 1. The number of hydrogen-bond donors (Lipinski definition) is 1. The molecular weight excluding hydrogens is 237 g/mol. The predicted molar refractivity (Wildman–Crippen MR) is 51.5 cm³/mol. The van der Waals surface area contributed by atoms with Gasteiger partial charge >= 0.3 is 0 Å². The molecule has 2 aliphatic rings. The summed E-state index contributed by atoms with van der Waals surface area (Å²) in [6, 6.07) is 0. The van der Waals surface area contributed by atoms with Gasteiger partial charge in [-0.25, -0.2) is 0 Å². The maximum absolute atomic E-state index is 3.47. The highest BCUT2D eigenvalue weighted by molar-refractivity contribution is 14.1. The monoisotopic (exact) mass is 251 g/mol. The molecule has 0 amide bonds. The molecular formula is C8H14IN. The van der Waals surface area contributed by atoms with Crippen LogP contribution in [0.2, 0.25) is 0 Å². The Morgan fingerprint density at radius 2 is 2.00 bits per heavy atom. The van der Waals surface area contributed by atoms with Gasteiger partial charge in [0.05, 0.1) is 0 Å². The summed E-state index contributed by atoms with van der Waals surface area (Å²) >= 11 is 2.61. The van der Waals surface area contributed by atoms with E-state index in [4.69, 9.17) is 0 Å². The van der Waals surface area contributed by atoms with Crippen molar-refractivity contribution < 1.29 is 0 Å². The van der Waals surface area contributed by atoms with Gasteiger partial charge in [0, 0.05) is 3.92 Å². The predicted octanol–water partition coefficient (Wildman–Crippen LogP) is 1.81. The summed E-state index contributed by atoms with van der Waals surface area (Å²) in [6.07, 6.45) is 4.40. The van der Waals surface area contributed by atoms with Crippen LogP contribution < -0.4 is 5.32 Å². The Labute approximate surface area is 76.1 Å². The maximum atomic E-state index is 3.47. The van der Waals surface area contributed by atoms with E-state index in [1.54, 1.807) is 0 Å². The van der Waals surface area contributed by atoms with Gasteiger partial charge in [-0.2, -0.15) is 0 Å². The van der Waals surface area contributed by atoms with Crippen LogP contribution in [0.3, 0.4) is 0 Å². The average Bonchev–Trinajstić information content (AvgIpc) is 2.27. The second-order valence-electron chi connectivity index (χ2n) is 3.58. The molecule has 0 aromatic rings. The third-order valence-electron chi connectivity index (χ3n) is 2.88. The topological polar surface area (TPSA) is 12.0 Å². The first kappa shape index (κ1) is 7.35. The molecule has 0 aromatic carbocycles. The Kier molecular flexibility index (Phi) is 2.18. The molecule has 1 heterocycles. The van der Waals surface area contributed by atoms with Crippen LogP contribution in [0.1, 0.15) is 19.3 Å². The maximum Gasteiger partial charge on any atom is 0.0116 e. The molecule has 58 valence electrons. The quantitative estimate of drug-likeness (QED) is 0.511. The van der Waals surface area contributed by atoms with Gasteiger partial charge in [-0.1, -0.05) is 22.6 Å². The fraction of sp³-hybridized carbons (Fsp3) is 1.00. The molecule has 0 aromatic heterocycles. The van der Waals surface area contributed by atoms with E-state index in [2.05, 4.69) is 27.9 Å². The van der Waals surface area contributed by atoms with E-state index in [1.165, 1.54) is 32.4 Å². The van der Waals surface area contributed by atoms with Gasteiger partial charge in [0.1, 0.15) is 0 Å². The average molecular weight is 251 g/mol. The fourth-order valence-electron chi connectivity index (χ4n) is 2.32. The van der Waals surface area contributed by atoms with E-state index in [0.29, 0.717) is 0 Å². The normalized spacial score (nSPS) is 47.1. The number of nitrogens with one attached hydrogen (secondary N) is 1. The molecule has 1 aliphatic heterocycles. The summed E-state index contributed by atoms with van der Waals surface area (Å²) < 4.78 is 0.979. The second-order valence-corrected chi connectivity index (χ2v) is 5.34. The molecule has 10 heavy (non-hydrogen) atoms. The fourth-order valence-corrected chi connectivity index (χ4v) is 3.62. The van der Waals surface area contributed by atoms with E-state index >= 15 is 0 Å². The molecule has 2 fully saturated rings. The molecule has 0 spiro atoms. The molecule has 1 N–H and O–H groups in total. The zero-order valence-electron chi connectivity index (χ0n) is 6.15. The van der Waals surface area contributed by atoms with Crippen LogP contribution in [0.4, 0.5) is 0 Å². The Morgan fingerprint density at radius 1 is 1.20 bits per heavy atom. The molecule has 2 rings (SSSR count). The standard InChI is InChI=1S/C8H14IN/c9-8-3-6-1-2-10-5-7(6)4-8/h6-8,10H,1-5H2. The Bertz CT molecular complexity index is 112. The van der Waals surface area contributed by atoms with Gasteiger partial charge in [0.15, 0.2) is 0 Å². The van der Waals surface area contributed by atoms with Gasteiger partial charge in [-0.05, 0) is 44.2 Å². The van der Waals surface area contributed by atoms with Crippen molar-refractivity contribution in [2.45, 2.75) is 23.2 Å². The zero-order chi connectivity index (χ0) is 6.97. The van der Waals surface area contributed by atoms with Crippen molar-refractivity contribution in [2.24, 2.45) is 11.8 Å². The van der Waals surface area contributed by atoms with Crippen LogP contribution in [-0.2, 0) is 0 Å². The third-order valence-corrected chi connectivity index (χ3v) is 3.90. The second kappa shape index (κ2) is 2.97. The smallest absolute Gasteiger partial charge is 0.0116 e. The van der Waals surface area contributed by atoms with Crippen LogP contribution >= 0.6 is 22.6 Å². The Hall–Kier alpha value is 0.690. The number of rotatable bonds is 0. The number of piperidine rings is 1. The van der Waals surface area contributed by atoms with Crippen molar-refractivity contribution >= 4 is 22.6 Å². The first-order chi connectivity index (χ1) is 4.86. The lowest BCUT2D eigenvalue weighted by atomic mass is 9.90. The summed E-state index contributed by atoms with van der Waals surface area (Å²) in [6.45, 7) is 2.56. The molecule has 3 unspecified atom stereocenters. The lowest BCUT2D eigenvalue weighted by Gasteiger charge is -2.25. The van der Waals surface area contributed by atoms with Gasteiger partial charge < -0.3 is 5.32 Å².